The highest BCUT2D eigenvalue weighted by Gasteiger charge is 2.27. The van der Waals surface area contributed by atoms with Crippen LogP contribution >= 0.6 is 15.9 Å². The van der Waals surface area contributed by atoms with E-state index in [0.29, 0.717) is 41.7 Å². The lowest BCUT2D eigenvalue weighted by Gasteiger charge is -2.30. The minimum absolute atomic E-state index is 0.0292. The first-order valence-electron chi connectivity index (χ1n) is 11.3. The average molecular weight is 527 g/mol. The first-order valence-corrected chi connectivity index (χ1v) is 12.1. The van der Waals surface area contributed by atoms with Crippen molar-refractivity contribution in [1.29, 1.82) is 0 Å². The molecule has 2 aromatic carbocycles. The zero-order valence-corrected chi connectivity index (χ0v) is 20.8. The number of likely N-dealkylation sites (tertiary alicyclic amines) is 1. The number of hydrogen-bond donors (Lipinski definition) is 1. The summed E-state index contributed by atoms with van der Waals surface area (Å²) in [4.78, 5) is 31.7. The van der Waals surface area contributed by atoms with Crippen LogP contribution in [0, 0.1) is 12.8 Å². The molecular weight excluding hydrogens is 500 g/mol. The molecule has 178 valence electrons. The van der Waals surface area contributed by atoms with Crippen molar-refractivity contribution in [3.8, 4) is 11.4 Å². The molecule has 8 nitrogen and oxygen atoms in total. The first-order chi connectivity index (χ1) is 16.4. The van der Waals surface area contributed by atoms with Gasteiger partial charge in [-0.15, -0.1) is 0 Å². The maximum atomic E-state index is 12.9. The van der Waals surface area contributed by atoms with Crippen molar-refractivity contribution in [3.05, 3.63) is 64.0 Å². The summed E-state index contributed by atoms with van der Waals surface area (Å²) in [5.74, 6) is 0.615. The lowest BCUT2D eigenvalue weighted by molar-refractivity contribution is -0.121. The Morgan fingerprint density at radius 1 is 1.21 bits per heavy atom. The van der Waals surface area contributed by atoms with Crippen LogP contribution in [0.4, 0.5) is 5.69 Å². The second kappa shape index (κ2) is 10.9. The Kier molecular flexibility index (Phi) is 7.74. The van der Waals surface area contributed by atoms with Crippen LogP contribution in [0.5, 0.6) is 0 Å². The molecule has 34 heavy (non-hydrogen) atoms. The molecule has 2 heterocycles. The molecule has 3 aromatic rings. The van der Waals surface area contributed by atoms with Crippen LogP contribution in [0.15, 0.2) is 51.5 Å². The Balaban J connectivity index is 1.31. The van der Waals surface area contributed by atoms with E-state index in [0.717, 1.165) is 36.0 Å². The van der Waals surface area contributed by atoms with Gasteiger partial charge in [-0.05, 0) is 69.6 Å². The van der Waals surface area contributed by atoms with Crippen molar-refractivity contribution in [2.75, 3.05) is 25.0 Å². The third kappa shape index (κ3) is 5.71. The van der Waals surface area contributed by atoms with Crippen molar-refractivity contribution in [3.63, 3.8) is 0 Å². The van der Waals surface area contributed by atoms with E-state index in [2.05, 4.69) is 36.3 Å². The quantitative estimate of drug-likeness (QED) is 0.440. The predicted molar refractivity (Wildman–Crippen MR) is 131 cm³/mol. The highest BCUT2D eigenvalue weighted by molar-refractivity contribution is 9.10. The van der Waals surface area contributed by atoms with Gasteiger partial charge >= 0.3 is 5.97 Å². The van der Waals surface area contributed by atoms with Crippen molar-refractivity contribution >= 4 is 33.5 Å². The molecule has 1 fully saturated rings. The molecule has 0 atom stereocenters. The standard InChI is InChI=1S/C25H27BrN4O4/c1-3-33-25(32)20-8-5-9-21(16(20)2)27-24(31)17-10-12-30(13-11-17)15-22-28-23(29-34-22)18-6-4-7-19(26)14-18/h4-9,14,17H,3,10-13,15H2,1-2H3,(H,27,31). The summed E-state index contributed by atoms with van der Waals surface area (Å²) >= 11 is 3.46. The van der Waals surface area contributed by atoms with Crippen molar-refractivity contribution in [1.82, 2.24) is 15.0 Å². The van der Waals surface area contributed by atoms with Gasteiger partial charge in [-0.3, -0.25) is 9.69 Å². The Morgan fingerprint density at radius 2 is 1.97 bits per heavy atom. The highest BCUT2D eigenvalue weighted by atomic mass is 79.9. The van der Waals surface area contributed by atoms with E-state index < -0.39 is 0 Å². The smallest absolute Gasteiger partial charge is 0.338 e. The molecule has 0 bridgehead atoms. The molecule has 0 radical (unpaired) electrons. The van der Waals surface area contributed by atoms with E-state index >= 15 is 0 Å². The molecule has 0 aliphatic carbocycles. The minimum Gasteiger partial charge on any atom is -0.462 e. The molecule has 9 heteroatoms. The third-order valence-corrected chi connectivity index (χ3v) is 6.45. The molecule has 0 saturated carbocycles. The summed E-state index contributed by atoms with van der Waals surface area (Å²) in [6.07, 6.45) is 1.46. The molecule has 0 unspecified atom stereocenters. The monoisotopic (exact) mass is 526 g/mol. The second-order valence-corrected chi connectivity index (χ2v) is 9.18. The van der Waals surface area contributed by atoms with Gasteiger partial charge in [0.1, 0.15) is 0 Å². The molecular formula is C25H27BrN4O4. The number of aromatic nitrogens is 2. The second-order valence-electron chi connectivity index (χ2n) is 8.26. The number of anilines is 1. The Labute approximate surface area is 206 Å². The molecule has 1 aliphatic rings. The van der Waals surface area contributed by atoms with E-state index in [9.17, 15) is 9.59 Å². The van der Waals surface area contributed by atoms with Gasteiger partial charge in [0.05, 0.1) is 18.7 Å². The molecule has 1 N–H and O–H groups in total. The topological polar surface area (TPSA) is 97.6 Å². The molecule has 4 rings (SSSR count). The number of ether oxygens (including phenoxy) is 1. The van der Waals surface area contributed by atoms with Gasteiger partial charge < -0.3 is 14.6 Å². The van der Waals surface area contributed by atoms with Crippen LogP contribution in [0.1, 0.15) is 41.6 Å². The van der Waals surface area contributed by atoms with E-state index in [1.54, 1.807) is 19.1 Å². The molecule has 1 saturated heterocycles. The molecule has 0 spiro atoms. The Bertz CT molecular complexity index is 1170. The summed E-state index contributed by atoms with van der Waals surface area (Å²) in [5, 5.41) is 7.09. The fourth-order valence-electron chi connectivity index (χ4n) is 4.04. The number of nitrogens with one attached hydrogen (secondary N) is 1. The van der Waals surface area contributed by atoms with E-state index in [-0.39, 0.29) is 17.8 Å². The van der Waals surface area contributed by atoms with Gasteiger partial charge in [0, 0.05) is 21.6 Å². The third-order valence-electron chi connectivity index (χ3n) is 5.96. The lowest BCUT2D eigenvalue weighted by Crippen LogP contribution is -2.38. The van der Waals surface area contributed by atoms with E-state index in [1.807, 2.05) is 37.3 Å². The molecule has 1 aliphatic heterocycles. The number of halogens is 1. The zero-order valence-electron chi connectivity index (χ0n) is 19.2. The molecule has 1 aromatic heterocycles. The van der Waals surface area contributed by atoms with E-state index in [4.69, 9.17) is 9.26 Å². The molecule has 1 amide bonds. The maximum Gasteiger partial charge on any atom is 0.338 e. The van der Waals surface area contributed by atoms with Gasteiger partial charge in [0.2, 0.25) is 17.6 Å². The number of carbonyl (C=O) groups is 2. The van der Waals surface area contributed by atoms with E-state index in [1.165, 1.54) is 0 Å². The maximum absolute atomic E-state index is 12.9. The van der Waals surface area contributed by atoms with Crippen molar-refractivity contribution in [2.45, 2.75) is 33.2 Å². The summed E-state index contributed by atoms with van der Waals surface area (Å²) in [5.41, 5.74) is 2.71. The summed E-state index contributed by atoms with van der Waals surface area (Å²) in [6.45, 7) is 5.96. The first kappa shape index (κ1) is 24.1. The normalized spacial score (nSPS) is 14.7. The largest absolute Gasteiger partial charge is 0.462 e. The van der Waals surface area contributed by atoms with Gasteiger partial charge in [-0.2, -0.15) is 4.98 Å². The lowest BCUT2D eigenvalue weighted by atomic mass is 9.95. The Hall–Kier alpha value is -3.04. The number of carbonyl (C=O) groups excluding carboxylic acids is 2. The van der Waals surface area contributed by atoms with Crippen LogP contribution in [-0.4, -0.2) is 46.6 Å². The number of amides is 1. The number of benzene rings is 2. The Morgan fingerprint density at radius 3 is 2.71 bits per heavy atom. The van der Waals surface area contributed by atoms with Gasteiger partial charge in [0.25, 0.3) is 0 Å². The van der Waals surface area contributed by atoms with Gasteiger partial charge in [-0.1, -0.05) is 39.3 Å². The number of hydrogen-bond acceptors (Lipinski definition) is 7. The van der Waals surface area contributed by atoms with Crippen molar-refractivity contribution in [2.24, 2.45) is 5.92 Å². The fraction of sp³-hybridized carbons (Fsp3) is 0.360. The SMILES string of the molecule is CCOC(=O)c1cccc(NC(=O)C2CCN(Cc3nc(-c4cccc(Br)c4)no3)CC2)c1C. The minimum atomic E-state index is -0.381. The highest BCUT2D eigenvalue weighted by Crippen LogP contribution is 2.25. The summed E-state index contributed by atoms with van der Waals surface area (Å²) in [6, 6.07) is 13.0. The van der Waals surface area contributed by atoms with Crippen LogP contribution in [0.25, 0.3) is 11.4 Å². The zero-order chi connectivity index (χ0) is 24.1. The fourth-order valence-corrected chi connectivity index (χ4v) is 4.44. The van der Waals surface area contributed by atoms with Crippen LogP contribution in [0.2, 0.25) is 0 Å². The van der Waals surface area contributed by atoms with Crippen molar-refractivity contribution < 1.29 is 18.8 Å². The van der Waals surface area contributed by atoms with Gasteiger partial charge in [0.15, 0.2) is 0 Å². The number of rotatable bonds is 7. The number of piperidine rings is 1. The van der Waals surface area contributed by atoms with Gasteiger partial charge in [-0.25, -0.2) is 4.79 Å². The summed E-state index contributed by atoms with van der Waals surface area (Å²) in [7, 11) is 0. The number of nitrogens with zero attached hydrogens (tertiary/aromatic N) is 3. The van der Waals surface area contributed by atoms with Crippen LogP contribution in [-0.2, 0) is 16.1 Å². The number of esters is 1. The average Bonchev–Trinajstić information content (AvgIpc) is 3.29. The van der Waals surface area contributed by atoms with Crippen LogP contribution in [0.3, 0.4) is 0 Å². The van der Waals surface area contributed by atoms with Crippen LogP contribution < -0.4 is 5.32 Å². The predicted octanol–water partition coefficient (Wildman–Crippen LogP) is 4.83. The summed E-state index contributed by atoms with van der Waals surface area (Å²) < 4.78 is 11.5.